The van der Waals surface area contributed by atoms with Crippen LogP contribution < -0.4 is 5.73 Å². The molecule has 0 radical (unpaired) electrons. The Bertz CT molecular complexity index is 669. The van der Waals surface area contributed by atoms with Crippen molar-refractivity contribution in [3.63, 3.8) is 0 Å². The van der Waals surface area contributed by atoms with Gasteiger partial charge < -0.3 is 5.73 Å². The molecular formula is C12H11N3S4. The zero-order chi connectivity index (χ0) is 13.2. The van der Waals surface area contributed by atoms with Crippen LogP contribution in [-0.2, 0) is 5.75 Å². The molecule has 2 N–H and O–H groups in total. The lowest BCUT2D eigenvalue weighted by Gasteiger charge is -1.95. The Labute approximate surface area is 127 Å². The van der Waals surface area contributed by atoms with Gasteiger partial charge in [-0.1, -0.05) is 11.3 Å². The molecule has 3 aromatic heterocycles. The van der Waals surface area contributed by atoms with Crippen LogP contribution in [-0.4, -0.2) is 9.97 Å². The summed E-state index contributed by atoms with van der Waals surface area (Å²) in [5.41, 5.74) is 9.04. The Kier molecular flexibility index (Phi) is 3.88. The molecule has 0 spiro atoms. The minimum atomic E-state index is 0.636. The normalized spacial score (nSPS) is 11.0. The van der Waals surface area contributed by atoms with Crippen molar-refractivity contribution in [3.8, 4) is 10.6 Å². The van der Waals surface area contributed by atoms with Crippen molar-refractivity contribution in [2.75, 3.05) is 5.73 Å². The van der Waals surface area contributed by atoms with Crippen molar-refractivity contribution < 1.29 is 0 Å². The SMILES string of the molecule is Cc1nc(N)sc1SCc1csc(-c2ccsc2)n1. The van der Waals surface area contributed by atoms with Crippen molar-refractivity contribution in [1.82, 2.24) is 9.97 Å². The Balaban J connectivity index is 1.69. The van der Waals surface area contributed by atoms with Crippen LogP contribution in [0, 0.1) is 6.92 Å². The van der Waals surface area contributed by atoms with Gasteiger partial charge in [-0.15, -0.1) is 23.1 Å². The molecule has 0 aliphatic heterocycles. The Morgan fingerprint density at radius 2 is 2.21 bits per heavy atom. The summed E-state index contributed by atoms with van der Waals surface area (Å²) in [6.45, 7) is 1.99. The fourth-order valence-corrected chi connectivity index (χ4v) is 5.12. The number of thiazole rings is 2. The summed E-state index contributed by atoms with van der Waals surface area (Å²) in [4.78, 5) is 8.89. The topological polar surface area (TPSA) is 51.8 Å². The highest BCUT2D eigenvalue weighted by Crippen LogP contribution is 2.34. The number of thiophene rings is 1. The van der Waals surface area contributed by atoms with Crippen LogP contribution in [0.3, 0.4) is 0 Å². The number of hydrogen-bond acceptors (Lipinski definition) is 7. The summed E-state index contributed by atoms with van der Waals surface area (Å²) in [6.07, 6.45) is 0. The molecule has 98 valence electrons. The second kappa shape index (κ2) is 5.62. The molecule has 0 aliphatic rings. The monoisotopic (exact) mass is 325 g/mol. The Hall–Kier alpha value is -0.890. The summed E-state index contributed by atoms with van der Waals surface area (Å²) < 4.78 is 1.18. The van der Waals surface area contributed by atoms with Crippen LogP contribution in [0.5, 0.6) is 0 Å². The van der Waals surface area contributed by atoms with Gasteiger partial charge in [-0.3, -0.25) is 0 Å². The van der Waals surface area contributed by atoms with Gasteiger partial charge in [-0.05, 0) is 18.4 Å². The quantitative estimate of drug-likeness (QED) is 0.717. The van der Waals surface area contributed by atoms with Crippen LogP contribution in [0.2, 0.25) is 0 Å². The van der Waals surface area contributed by atoms with Crippen molar-refractivity contribution in [1.29, 1.82) is 0 Å². The third-order valence-corrected chi connectivity index (χ3v) is 6.45. The molecule has 0 bridgehead atoms. The molecule has 3 aromatic rings. The van der Waals surface area contributed by atoms with Gasteiger partial charge in [0.1, 0.15) is 5.01 Å². The number of thioether (sulfide) groups is 1. The minimum absolute atomic E-state index is 0.636. The lowest BCUT2D eigenvalue weighted by Crippen LogP contribution is -1.82. The predicted octanol–water partition coefficient (Wildman–Crippen LogP) is 4.51. The second-order valence-corrected chi connectivity index (χ2v) is 7.78. The van der Waals surface area contributed by atoms with E-state index in [4.69, 9.17) is 5.73 Å². The first kappa shape index (κ1) is 13.1. The molecule has 0 aromatic carbocycles. The average molecular weight is 326 g/mol. The van der Waals surface area contributed by atoms with E-state index in [1.165, 1.54) is 9.77 Å². The molecule has 0 saturated heterocycles. The molecule has 0 saturated carbocycles. The number of hydrogen-bond donors (Lipinski definition) is 1. The highest BCUT2D eigenvalue weighted by atomic mass is 32.2. The van der Waals surface area contributed by atoms with Crippen LogP contribution >= 0.6 is 45.8 Å². The first-order chi connectivity index (χ1) is 9.22. The molecule has 3 heterocycles. The molecule has 7 heteroatoms. The van der Waals surface area contributed by atoms with Crippen LogP contribution in [0.25, 0.3) is 10.6 Å². The van der Waals surface area contributed by atoms with Gasteiger partial charge in [-0.2, -0.15) is 11.3 Å². The molecule has 0 aliphatic carbocycles. The van der Waals surface area contributed by atoms with Crippen molar-refractivity contribution in [2.24, 2.45) is 0 Å². The minimum Gasteiger partial charge on any atom is -0.375 e. The molecule has 0 amide bonds. The standard InChI is InChI=1S/C12H11N3S4/c1-7-11(19-12(13)14-7)18-6-9-5-17-10(15-9)8-2-3-16-4-8/h2-5H,6H2,1H3,(H2,13,14). The van der Waals surface area contributed by atoms with Gasteiger partial charge in [0.15, 0.2) is 5.13 Å². The summed E-state index contributed by atoms with van der Waals surface area (Å²) in [5.74, 6) is 0.864. The molecule has 19 heavy (non-hydrogen) atoms. The maximum Gasteiger partial charge on any atom is 0.181 e. The number of aromatic nitrogens is 2. The van der Waals surface area contributed by atoms with Crippen molar-refractivity contribution in [2.45, 2.75) is 16.9 Å². The number of nitrogens with two attached hydrogens (primary N) is 1. The largest absolute Gasteiger partial charge is 0.375 e. The van der Waals surface area contributed by atoms with Crippen LogP contribution in [0.4, 0.5) is 5.13 Å². The Morgan fingerprint density at radius 3 is 2.89 bits per heavy atom. The van der Waals surface area contributed by atoms with Gasteiger partial charge in [0.05, 0.1) is 15.6 Å². The summed E-state index contributed by atoms with van der Waals surface area (Å²) in [6, 6.07) is 2.11. The van der Waals surface area contributed by atoms with Gasteiger partial charge in [0, 0.05) is 22.1 Å². The third kappa shape index (κ3) is 3.00. The molecule has 0 atom stereocenters. The zero-order valence-electron chi connectivity index (χ0n) is 10.1. The zero-order valence-corrected chi connectivity index (χ0v) is 13.4. The first-order valence-corrected chi connectivity index (χ1v) is 9.17. The van der Waals surface area contributed by atoms with E-state index in [0.717, 1.165) is 22.1 Å². The average Bonchev–Trinajstić information content (AvgIpc) is 3.07. The summed E-state index contributed by atoms with van der Waals surface area (Å²) in [7, 11) is 0. The molecule has 0 fully saturated rings. The van der Waals surface area contributed by atoms with E-state index in [9.17, 15) is 0 Å². The maximum atomic E-state index is 5.70. The van der Waals surface area contributed by atoms with E-state index in [1.54, 1.807) is 45.8 Å². The van der Waals surface area contributed by atoms with E-state index in [0.29, 0.717) is 5.13 Å². The van der Waals surface area contributed by atoms with Crippen LogP contribution in [0.1, 0.15) is 11.4 Å². The van der Waals surface area contributed by atoms with Crippen LogP contribution in [0.15, 0.2) is 26.4 Å². The summed E-state index contributed by atoms with van der Waals surface area (Å²) >= 11 is 6.70. The molecular weight excluding hydrogens is 314 g/mol. The van der Waals surface area contributed by atoms with Crippen molar-refractivity contribution in [3.05, 3.63) is 33.6 Å². The summed E-state index contributed by atoms with van der Waals surface area (Å²) in [5, 5.41) is 8.06. The van der Waals surface area contributed by atoms with Gasteiger partial charge in [0.2, 0.25) is 0 Å². The number of nitrogen functional groups attached to an aromatic ring is 1. The smallest absolute Gasteiger partial charge is 0.181 e. The highest BCUT2D eigenvalue weighted by molar-refractivity contribution is 8.00. The lowest BCUT2D eigenvalue weighted by atomic mass is 10.4. The number of nitrogens with zero attached hydrogens (tertiary/aromatic N) is 2. The van der Waals surface area contributed by atoms with E-state index in [-0.39, 0.29) is 0 Å². The van der Waals surface area contributed by atoms with E-state index in [1.807, 2.05) is 6.92 Å². The van der Waals surface area contributed by atoms with Gasteiger partial charge >= 0.3 is 0 Å². The molecule has 3 rings (SSSR count). The molecule has 3 nitrogen and oxygen atoms in total. The Morgan fingerprint density at radius 1 is 1.32 bits per heavy atom. The second-order valence-electron chi connectivity index (χ2n) is 3.87. The number of anilines is 1. The van der Waals surface area contributed by atoms with E-state index >= 15 is 0 Å². The fourth-order valence-electron chi connectivity index (χ4n) is 1.57. The number of rotatable bonds is 4. The predicted molar refractivity (Wildman–Crippen MR) is 86.3 cm³/mol. The molecule has 0 unspecified atom stereocenters. The van der Waals surface area contributed by atoms with Gasteiger partial charge in [0.25, 0.3) is 0 Å². The third-order valence-electron chi connectivity index (χ3n) is 2.44. The first-order valence-electron chi connectivity index (χ1n) is 5.55. The highest BCUT2D eigenvalue weighted by Gasteiger charge is 2.09. The van der Waals surface area contributed by atoms with E-state index in [2.05, 4.69) is 32.2 Å². The fraction of sp³-hybridized carbons (Fsp3) is 0.167. The lowest BCUT2D eigenvalue weighted by molar-refractivity contribution is 1.20. The number of aryl methyl sites for hydroxylation is 1. The van der Waals surface area contributed by atoms with Crippen molar-refractivity contribution >= 4 is 50.9 Å². The van der Waals surface area contributed by atoms with Gasteiger partial charge in [-0.25, -0.2) is 9.97 Å². The van der Waals surface area contributed by atoms with E-state index < -0.39 is 0 Å². The maximum absolute atomic E-state index is 5.70.